The summed E-state index contributed by atoms with van der Waals surface area (Å²) >= 11 is 0. The molecule has 1 atom stereocenters. The molecule has 146 valence electrons. The summed E-state index contributed by atoms with van der Waals surface area (Å²) in [5.41, 5.74) is 1.43. The number of anilines is 1. The number of fused-ring (bicyclic) bond motifs is 1. The van der Waals surface area contributed by atoms with Crippen LogP contribution in [0.2, 0.25) is 0 Å². The van der Waals surface area contributed by atoms with E-state index in [9.17, 15) is 9.59 Å². The van der Waals surface area contributed by atoms with E-state index >= 15 is 0 Å². The first-order valence-electron chi connectivity index (χ1n) is 9.50. The van der Waals surface area contributed by atoms with Gasteiger partial charge in [-0.1, -0.05) is 0 Å². The van der Waals surface area contributed by atoms with Gasteiger partial charge in [-0.25, -0.2) is 9.67 Å². The average Bonchev–Trinajstić information content (AvgIpc) is 3.37. The molecule has 3 aromatic rings. The molecule has 1 saturated heterocycles. The number of hydrogen-bond acceptors (Lipinski definition) is 5. The largest absolute Gasteiger partial charge is 0.459 e. The van der Waals surface area contributed by atoms with E-state index < -0.39 is 0 Å². The number of nitrogens with one attached hydrogen (secondary N) is 1. The van der Waals surface area contributed by atoms with E-state index in [1.807, 2.05) is 24.6 Å². The van der Waals surface area contributed by atoms with Gasteiger partial charge in [-0.3, -0.25) is 9.59 Å². The Hall–Kier alpha value is -3.16. The molecule has 8 nitrogen and oxygen atoms in total. The number of furan rings is 1. The number of pyridine rings is 1. The van der Waals surface area contributed by atoms with Gasteiger partial charge >= 0.3 is 0 Å². The van der Waals surface area contributed by atoms with Gasteiger partial charge in [0.1, 0.15) is 0 Å². The van der Waals surface area contributed by atoms with Crippen LogP contribution in [0.3, 0.4) is 0 Å². The van der Waals surface area contributed by atoms with Crippen LogP contribution in [0, 0.1) is 5.92 Å². The van der Waals surface area contributed by atoms with Crippen molar-refractivity contribution in [2.75, 3.05) is 18.4 Å². The first kappa shape index (κ1) is 18.2. The third kappa shape index (κ3) is 3.49. The van der Waals surface area contributed by atoms with Crippen LogP contribution in [0.25, 0.3) is 11.0 Å². The Labute approximate surface area is 162 Å². The van der Waals surface area contributed by atoms with Crippen LogP contribution in [0.15, 0.2) is 41.3 Å². The van der Waals surface area contributed by atoms with Crippen molar-refractivity contribution in [1.82, 2.24) is 19.7 Å². The standard InChI is InChI=1S/C20H23N5O3/c1-13(2)25-18-15(10-22-25)9-16(11-21-18)23-19(26)14-5-3-7-24(12-14)20(27)17-6-4-8-28-17/h4,6,8-11,13-14H,3,5,7,12H2,1-2H3,(H,23,26)/t14-/m1/s1. The van der Waals surface area contributed by atoms with Gasteiger partial charge in [0.25, 0.3) is 5.91 Å². The van der Waals surface area contributed by atoms with E-state index in [0.29, 0.717) is 24.5 Å². The number of carbonyl (C=O) groups excluding carboxylic acids is 2. The van der Waals surface area contributed by atoms with E-state index in [-0.39, 0.29) is 23.8 Å². The number of nitrogens with zero attached hydrogens (tertiary/aromatic N) is 4. The van der Waals surface area contributed by atoms with Crippen LogP contribution in [0.5, 0.6) is 0 Å². The van der Waals surface area contributed by atoms with Gasteiger partial charge in [0.05, 0.1) is 30.3 Å². The van der Waals surface area contributed by atoms with Crippen molar-refractivity contribution >= 4 is 28.5 Å². The average molecular weight is 381 g/mol. The second-order valence-corrected chi connectivity index (χ2v) is 7.38. The minimum atomic E-state index is -0.262. The Morgan fingerprint density at radius 1 is 1.32 bits per heavy atom. The summed E-state index contributed by atoms with van der Waals surface area (Å²) in [5, 5.41) is 8.16. The lowest BCUT2D eigenvalue weighted by atomic mass is 9.97. The Bertz CT molecular complexity index is 993. The van der Waals surface area contributed by atoms with Crippen LogP contribution in [-0.4, -0.2) is 44.6 Å². The molecule has 4 rings (SSSR count). The van der Waals surface area contributed by atoms with E-state index in [0.717, 1.165) is 23.9 Å². The van der Waals surface area contributed by atoms with Gasteiger partial charge < -0.3 is 14.6 Å². The zero-order valence-electron chi connectivity index (χ0n) is 16.0. The summed E-state index contributed by atoms with van der Waals surface area (Å²) in [6.45, 7) is 5.10. The van der Waals surface area contributed by atoms with Crippen molar-refractivity contribution in [3.8, 4) is 0 Å². The van der Waals surface area contributed by atoms with Gasteiger partial charge in [0.15, 0.2) is 11.4 Å². The molecule has 1 N–H and O–H groups in total. The second kappa shape index (κ2) is 7.46. The molecule has 4 heterocycles. The topological polar surface area (TPSA) is 93.3 Å². The molecule has 1 aliphatic rings. The van der Waals surface area contributed by atoms with Crippen LogP contribution in [0.1, 0.15) is 43.3 Å². The maximum Gasteiger partial charge on any atom is 0.289 e. The van der Waals surface area contributed by atoms with E-state index in [1.54, 1.807) is 29.4 Å². The fourth-order valence-corrected chi connectivity index (χ4v) is 3.56. The predicted molar refractivity (Wildman–Crippen MR) is 104 cm³/mol. The highest BCUT2D eigenvalue weighted by Gasteiger charge is 2.30. The van der Waals surface area contributed by atoms with Gasteiger partial charge in [-0.15, -0.1) is 0 Å². The van der Waals surface area contributed by atoms with Crippen LogP contribution < -0.4 is 5.32 Å². The van der Waals surface area contributed by atoms with Crippen molar-refractivity contribution in [2.45, 2.75) is 32.7 Å². The summed E-state index contributed by atoms with van der Waals surface area (Å²) in [7, 11) is 0. The zero-order chi connectivity index (χ0) is 19.7. The lowest BCUT2D eigenvalue weighted by Gasteiger charge is -2.31. The molecule has 1 aliphatic heterocycles. The third-order valence-corrected chi connectivity index (χ3v) is 5.00. The fourth-order valence-electron chi connectivity index (χ4n) is 3.56. The minimum absolute atomic E-state index is 0.102. The highest BCUT2D eigenvalue weighted by Crippen LogP contribution is 2.23. The maximum absolute atomic E-state index is 12.8. The summed E-state index contributed by atoms with van der Waals surface area (Å²) in [4.78, 5) is 31.4. The Morgan fingerprint density at radius 3 is 2.93 bits per heavy atom. The molecule has 3 aromatic heterocycles. The molecule has 2 amide bonds. The van der Waals surface area contributed by atoms with Crippen LogP contribution in [-0.2, 0) is 4.79 Å². The van der Waals surface area contributed by atoms with E-state index in [1.165, 1.54) is 6.26 Å². The third-order valence-electron chi connectivity index (χ3n) is 5.00. The second-order valence-electron chi connectivity index (χ2n) is 7.38. The van der Waals surface area contributed by atoms with Crippen LogP contribution >= 0.6 is 0 Å². The molecule has 0 aromatic carbocycles. The van der Waals surface area contributed by atoms with Crippen molar-refractivity contribution in [2.24, 2.45) is 5.92 Å². The normalized spacial score (nSPS) is 17.2. The minimum Gasteiger partial charge on any atom is -0.459 e. The molecular weight excluding hydrogens is 358 g/mol. The van der Waals surface area contributed by atoms with Crippen molar-refractivity contribution < 1.29 is 14.0 Å². The predicted octanol–water partition coefficient (Wildman–Crippen LogP) is 3.10. The molecule has 0 unspecified atom stereocenters. The molecule has 0 aliphatic carbocycles. The lowest BCUT2D eigenvalue weighted by Crippen LogP contribution is -2.43. The van der Waals surface area contributed by atoms with Gasteiger partial charge in [-0.05, 0) is 44.9 Å². The van der Waals surface area contributed by atoms with Gasteiger partial charge in [0, 0.05) is 24.5 Å². The number of likely N-dealkylation sites (tertiary alicyclic amines) is 1. The highest BCUT2D eigenvalue weighted by atomic mass is 16.3. The van der Waals surface area contributed by atoms with Gasteiger partial charge in [-0.2, -0.15) is 5.10 Å². The SMILES string of the molecule is CC(C)n1ncc2cc(NC(=O)[C@@H]3CCCN(C(=O)c4ccco4)C3)cnc21. The number of carbonyl (C=O) groups is 2. The first-order chi connectivity index (χ1) is 13.5. The fraction of sp³-hybridized carbons (Fsp3) is 0.400. The van der Waals surface area contributed by atoms with Crippen LogP contribution in [0.4, 0.5) is 5.69 Å². The highest BCUT2D eigenvalue weighted by molar-refractivity contribution is 5.96. The number of aromatic nitrogens is 3. The molecule has 1 fully saturated rings. The number of piperidine rings is 1. The lowest BCUT2D eigenvalue weighted by molar-refractivity contribution is -0.121. The monoisotopic (exact) mass is 381 g/mol. The van der Waals surface area contributed by atoms with Crippen molar-refractivity contribution in [1.29, 1.82) is 0 Å². The molecule has 0 saturated carbocycles. The van der Waals surface area contributed by atoms with Gasteiger partial charge in [0.2, 0.25) is 5.91 Å². The summed E-state index contributed by atoms with van der Waals surface area (Å²) in [6, 6.07) is 5.42. The molecule has 28 heavy (non-hydrogen) atoms. The molecular formula is C20H23N5O3. The first-order valence-corrected chi connectivity index (χ1v) is 9.50. The molecule has 8 heteroatoms. The molecule has 0 radical (unpaired) electrons. The van der Waals surface area contributed by atoms with E-state index in [2.05, 4.69) is 15.4 Å². The Morgan fingerprint density at radius 2 is 2.18 bits per heavy atom. The number of amides is 2. The zero-order valence-corrected chi connectivity index (χ0v) is 16.0. The Kier molecular flexibility index (Phi) is 4.85. The van der Waals surface area contributed by atoms with E-state index in [4.69, 9.17) is 4.42 Å². The summed E-state index contributed by atoms with van der Waals surface area (Å²) in [5.74, 6) is -0.236. The quantitative estimate of drug-likeness (QED) is 0.749. The number of rotatable bonds is 4. The number of hydrogen-bond donors (Lipinski definition) is 1. The Balaban J connectivity index is 1.44. The summed E-state index contributed by atoms with van der Waals surface area (Å²) < 4.78 is 7.04. The molecule has 0 spiro atoms. The van der Waals surface area contributed by atoms with Crippen molar-refractivity contribution in [3.63, 3.8) is 0 Å². The van der Waals surface area contributed by atoms with Crippen molar-refractivity contribution in [3.05, 3.63) is 42.6 Å². The summed E-state index contributed by atoms with van der Waals surface area (Å²) in [6.07, 6.45) is 6.40. The smallest absolute Gasteiger partial charge is 0.289 e. The molecule has 0 bridgehead atoms. The maximum atomic E-state index is 12.8.